The van der Waals surface area contributed by atoms with Gasteiger partial charge in [-0.2, -0.15) is 0 Å². The molecule has 0 bridgehead atoms. The van der Waals surface area contributed by atoms with E-state index in [2.05, 4.69) is 124 Å². The molecule has 1 heterocycles. The number of aliphatic hydroxyl groups excluding tert-OH is 2. The first-order valence-electron chi connectivity index (χ1n) is 32.5. The maximum atomic E-state index is 13.2. The first-order chi connectivity index (χ1) is 40.6. The average Bonchev–Trinajstić information content (AvgIpc) is 3.60. The van der Waals surface area contributed by atoms with Gasteiger partial charge < -0.3 is 39.0 Å². The Hall–Kier alpha value is -4.88. The van der Waals surface area contributed by atoms with Crippen LogP contribution in [0.3, 0.4) is 0 Å². The molecule has 0 spiro atoms. The smallest absolute Gasteiger partial charge is 0.335 e. The standard InChI is InChI=1S/C71H114O12/c1-4-7-10-13-16-19-22-25-28-30-32-34-37-39-42-45-48-51-54-57-63(72)79-60-62(81-64(73)58-55-52-49-46-43-40-36-27-24-21-18-15-12-9-6-3)61-80-71-69(67(76)66(75)68(83-71)70(77)78)82-65(74)59-56-53-50-47-44-41-38-35-33-31-29-26-23-20-17-14-11-8-5-2/h8-9,11-12,17-18,20-21,25-29,33,35-36,41,44,50,53,62,66-69,71,75-76H,4-7,10,13-16,19,22-24,30-32,34,37-40,42-43,45-49,51-52,54-61H2,1-3H3,(H,77,78)/b11-8-,12-9-,20-17-,21-18-,28-25-,29-26-,35-33-,36-27-,44-41-,53-50-. The second-order valence-corrected chi connectivity index (χ2v) is 21.6. The van der Waals surface area contributed by atoms with Crippen LogP contribution in [0.1, 0.15) is 252 Å². The molecule has 0 aliphatic carbocycles. The van der Waals surface area contributed by atoms with Gasteiger partial charge in [0.05, 0.1) is 6.61 Å². The van der Waals surface area contributed by atoms with Crippen LogP contribution in [0.5, 0.6) is 0 Å². The molecule has 0 saturated carbocycles. The molecule has 470 valence electrons. The zero-order valence-corrected chi connectivity index (χ0v) is 51.9. The number of hydrogen-bond acceptors (Lipinski definition) is 11. The molecule has 12 nitrogen and oxygen atoms in total. The zero-order chi connectivity index (χ0) is 60.3. The molecule has 3 N–H and O–H groups in total. The molecule has 1 rings (SSSR count). The number of carbonyl (C=O) groups excluding carboxylic acids is 3. The van der Waals surface area contributed by atoms with Crippen LogP contribution >= 0.6 is 0 Å². The summed E-state index contributed by atoms with van der Waals surface area (Å²) < 4.78 is 28.4. The Morgan fingerprint density at radius 3 is 1.22 bits per heavy atom. The van der Waals surface area contributed by atoms with Crippen molar-refractivity contribution in [2.75, 3.05) is 13.2 Å². The molecule has 6 unspecified atom stereocenters. The van der Waals surface area contributed by atoms with Gasteiger partial charge in [-0.25, -0.2) is 4.79 Å². The number of esters is 3. The molecule has 1 aliphatic rings. The Morgan fingerprint density at radius 1 is 0.410 bits per heavy atom. The molecule has 0 amide bonds. The predicted molar refractivity (Wildman–Crippen MR) is 340 cm³/mol. The van der Waals surface area contributed by atoms with E-state index in [0.717, 1.165) is 103 Å². The van der Waals surface area contributed by atoms with E-state index >= 15 is 0 Å². The SMILES string of the molecule is CC/C=C\C/C=C\C/C=C\C/C=C\C/C=C\C/C=C\CCC(=O)OC1C(OCC(COC(=O)CCCCCCCCCCC/C=C\CCCCCCCC)OC(=O)CCCCCCC/C=C\C/C=C\C/C=C\CC)OC(C(=O)O)C(O)C1O. The summed E-state index contributed by atoms with van der Waals surface area (Å²) in [4.78, 5) is 51.3. The number of allylic oxidation sites excluding steroid dienone is 20. The molecular weight excluding hydrogens is 1040 g/mol. The molecule has 0 aromatic heterocycles. The van der Waals surface area contributed by atoms with Crippen LogP contribution in [-0.2, 0) is 42.9 Å². The lowest BCUT2D eigenvalue weighted by Crippen LogP contribution is -2.61. The van der Waals surface area contributed by atoms with E-state index in [1.807, 2.05) is 18.2 Å². The second-order valence-electron chi connectivity index (χ2n) is 21.6. The Morgan fingerprint density at radius 2 is 0.783 bits per heavy atom. The predicted octanol–water partition coefficient (Wildman–Crippen LogP) is 17.6. The van der Waals surface area contributed by atoms with E-state index in [9.17, 15) is 34.5 Å². The second kappa shape index (κ2) is 57.5. The van der Waals surface area contributed by atoms with Crippen molar-refractivity contribution in [3.63, 3.8) is 0 Å². The lowest BCUT2D eigenvalue weighted by atomic mass is 9.98. The third kappa shape index (κ3) is 47.1. The third-order valence-corrected chi connectivity index (χ3v) is 14.0. The summed E-state index contributed by atoms with van der Waals surface area (Å²) in [7, 11) is 0. The van der Waals surface area contributed by atoms with E-state index < -0.39 is 67.3 Å². The van der Waals surface area contributed by atoms with Gasteiger partial charge in [0.15, 0.2) is 24.6 Å². The molecule has 1 saturated heterocycles. The first kappa shape index (κ1) is 76.1. The summed E-state index contributed by atoms with van der Waals surface area (Å²) in [6.07, 6.45) is 67.4. The molecule has 0 radical (unpaired) electrons. The van der Waals surface area contributed by atoms with Gasteiger partial charge >= 0.3 is 23.9 Å². The molecule has 12 heteroatoms. The number of rotatable bonds is 54. The van der Waals surface area contributed by atoms with Gasteiger partial charge in [-0.05, 0) is 116 Å². The average molecular weight is 1160 g/mol. The number of carboxylic acid groups (broad SMARTS) is 1. The fourth-order valence-corrected chi connectivity index (χ4v) is 9.11. The highest BCUT2D eigenvalue weighted by atomic mass is 16.7. The van der Waals surface area contributed by atoms with E-state index in [0.29, 0.717) is 25.7 Å². The van der Waals surface area contributed by atoms with Crippen molar-refractivity contribution in [2.45, 2.75) is 289 Å². The normalized spacial score (nSPS) is 18.4. The van der Waals surface area contributed by atoms with Crippen molar-refractivity contribution in [3.8, 4) is 0 Å². The van der Waals surface area contributed by atoms with Crippen LogP contribution in [0.15, 0.2) is 122 Å². The molecule has 1 fully saturated rings. The fourth-order valence-electron chi connectivity index (χ4n) is 9.11. The van der Waals surface area contributed by atoms with E-state index in [4.69, 9.17) is 23.7 Å². The zero-order valence-electron chi connectivity index (χ0n) is 51.9. The summed E-state index contributed by atoms with van der Waals surface area (Å²) in [6, 6.07) is 0. The highest BCUT2D eigenvalue weighted by Gasteiger charge is 2.50. The van der Waals surface area contributed by atoms with Gasteiger partial charge in [0.25, 0.3) is 0 Å². The van der Waals surface area contributed by atoms with Crippen LogP contribution < -0.4 is 0 Å². The Labute approximate surface area is 503 Å². The van der Waals surface area contributed by atoms with Crippen LogP contribution in [0.2, 0.25) is 0 Å². The topological polar surface area (TPSA) is 175 Å². The van der Waals surface area contributed by atoms with Crippen LogP contribution in [-0.4, -0.2) is 89.2 Å². The summed E-state index contributed by atoms with van der Waals surface area (Å²) in [5.74, 6) is -3.26. The van der Waals surface area contributed by atoms with E-state index in [-0.39, 0.29) is 25.9 Å². The molecule has 6 atom stereocenters. The van der Waals surface area contributed by atoms with Crippen LogP contribution in [0.25, 0.3) is 0 Å². The number of carboxylic acids is 1. The van der Waals surface area contributed by atoms with Gasteiger partial charge in [-0.15, -0.1) is 0 Å². The van der Waals surface area contributed by atoms with Crippen molar-refractivity contribution in [1.29, 1.82) is 0 Å². The Kier molecular flexibility index (Phi) is 52.8. The number of carbonyl (C=O) groups is 4. The summed E-state index contributed by atoms with van der Waals surface area (Å²) in [5.41, 5.74) is 0. The van der Waals surface area contributed by atoms with Crippen LogP contribution in [0, 0.1) is 0 Å². The minimum atomic E-state index is -1.94. The van der Waals surface area contributed by atoms with Crippen molar-refractivity contribution in [3.05, 3.63) is 122 Å². The third-order valence-electron chi connectivity index (χ3n) is 14.0. The van der Waals surface area contributed by atoms with Gasteiger partial charge in [0.1, 0.15) is 18.8 Å². The van der Waals surface area contributed by atoms with Crippen molar-refractivity contribution < 1.29 is 58.2 Å². The number of aliphatic hydroxyl groups is 2. The highest BCUT2D eigenvalue weighted by molar-refractivity contribution is 5.74. The molecular formula is C71H114O12. The summed E-state index contributed by atoms with van der Waals surface area (Å²) >= 11 is 0. The monoisotopic (exact) mass is 1160 g/mol. The molecule has 0 aromatic rings. The number of hydrogen-bond donors (Lipinski definition) is 3. The minimum Gasteiger partial charge on any atom is -0.479 e. The lowest BCUT2D eigenvalue weighted by Gasteiger charge is -2.40. The van der Waals surface area contributed by atoms with Gasteiger partial charge in [-0.3, -0.25) is 14.4 Å². The Balaban J connectivity index is 2.71. The quantitative estimate of drug-likeness (QED) is 0.0228. The van der Waals surface area contributed by atoms with Crippen molar-refractivity contribution in [1.82, 2.24) is 0 Å². The van der Waals surface area contributed by atoms with E-state index in [1.54, 1.807) is 0 Å². The maximum absolute atomic E-state index is 13.2. The number of aliphatic carboxylic acids is 1. The van der Waals surface area contributed by atoms with Crippen molar-refractivity contribution in [2.24, 2.45) is 0 Å². The maximum Gasteiger partial charge on any atom is 0.335 e. The largest absolute Gasteiger partial charge is 0.479 e. The molecule has 0 aromatic carbocycles. The number of ether oxygens (including phenoxy) is 5. The highest BCUT2D eigenvalue weighted by Crippen LogP contribution is 2.26. The fraction of sp³-hybridized carbons (Fsp3) is 0.662. The van der Waals surface area contributed by atoms with Gasteiger partial charge in [0, 0.05) is 19.3 Å². The summed E-state index contributed by atoms with van der Waals surface area (Å²) in [5, 5.41) is 31.6. The van der Waals surface area contributed by atoms with E-state index in [1.165, 1.54) is 83.5 Å². The molecule has 1 aliphatic heterocycles. The number of unbranched alkanes of at least 4 members (excludes halogenated alkanes) is 20. The van der Waals surface area contributed by atoms with Crippen molar-refractivity contribution >= 4 is 23.9 Å². The van der Waals surface area contributed by atoms with Gasteiger partial charge in [0.2, 0.25) is 0 Å². The summed E-state index contributed by atoms with van der Waals surface area (Å²) in [6.45, 7) is 5.73. The first-order valence-corrected chi connectivity index (χ1v) is 32.5. The van der Waals surface area contributed by atoms with Gasteiger partial charge in [-0.1, -0.05) is 239 Å². The Bertz CT molecular complexity index is 1900. The van der Waals surface area contributed by atoms with Crippen LogP contribution in [0.4, 0.5) is 0 Å². The minimum absolute atomic E-state index is 0.0725. The lowest BCUT2D eigenvalue weighted by molar-refractivity contribution is -0.301. The molecule has 83 heavy (non-hydrogen) atoms.